The van der Waals surface area contributed by atoms with Crippen LogP contribution in [0.4, 0.5) is 4.39 Å². The van der Waals surface area contributed by atoms with Gasteiger partial charge in [-0.1, -0.05) is 78.9 Å². The Kier molecular flexibility index (Phi) is 4.60. The third-order valence-electron chi connectivity index (χ3n) is 7.25. The number of carbonyl (C=O) groups excluding carboxylic acids is 1. The fourth-order valence-corrected chi connectivity index (χ4v) is 6.22. The second-order valence-electron chi connectivity index (χ2n) is 9.50. The highest BCUT2D eigenvalue weighted by atomic mass is 19.1. The SMILES string of the molecule is CC1(C)O[C@H]2[C@@H](C(=O)CF)N(C3(c4ccccc4)c4ccccc4-c4ccccc43)C[C@H]2O1. The van der Waals surface area contributed by atoms with E-state index in [0.29, 0.717) is 6.54 Å². The molecule has 0 bridgehead atoms. The third kappa shape index (κ3) is 2.83. The van der Waals surface area contributed by atoms with Gasteiger partial charge in [-0.05, 0) is 41.7 Å². The molecule has 2 aliphatic heterocycles. The van der Waals surface area contributed by atoms with E-state index < -0.39 is 35.9 Å². The first kappa shape index (κ1) is 20.7. The van der Waals surface area contributed by atoms with Crippen LogP contribution in [0.1, 0.15) is 30.5 Å². The summed E-state index contributed by atoms with van der Waals surface area (Å²) in [7, 11) is 0. The van der Waals surface area contributed by atoms with E-state index in [1.807, 2.05) is 56.3 Å². The number of hydrogen-bond acceptors (Lipinski definition) is 4. The maximum Gasteiger partial charge on any atom is 0.183 e. The van der Waals surface area contributed by atoms with E-state index in [1.165, 1.54) is 0 Å². The molecule has 2 heterocycles. The average Bonchev–Trinajstić information content (AvgIpc) is 3.43. The molecule has 6 rings (SSSR count). The number of ketones is 1. The molecule has 3 atom stereocenters. The van der Waals surface area contributed by atoms with Crippen molar-refractivity contribution in [3.63, 3.8) is 0 Å². The summed E-state index contributed by atoms with van der Waals surface area (Å²) in [6, 6.07) is 26.1. The van der Waals surface area contributed by atoms with Gasteiger partial charge in [0.05, 0.1) is 5.54 Å². The number of carbonyl (C=O) groups is 1. The molecule has 3 aliphatic rings. The molecule has 0 amide bonds. The van der Waals surface area contributed by atoms with Crippen molar-refractivity contribution in [3.8, 4) is 11.1 Å². The Morgan fingerprint density at radius 3 is 2.09 bits per heavy atom. The molecule has 0 N–H and O–H groups in total. The van der Waals surface area contributed by atoms with E-state index in [-0.39, 0.29) is 6.10 Å². The molecule has 2 fully saturated rings. The van der Waals surface area contributed by atoms with Gasteiger partial charge in [-0.3, -0.25) is 9.69 Å². The summed E-state index contributed by atoms with van der Waals surface area (Å²) in [5, 5.41) is 0. The fraction of sp³-hybridized carbons (Fsp3) is 0.321. The lowest BCUT2D eigenvalue weighted by Crippen LogP contribution is -2.55. The van der Waals surface area contributed by atoms with Crippen LogP contribution in [-0.4, -0.2) is 47.9 Å². The van der Waals surface area contributed by atoms with Gasteiger partial charge in [-0.15, -0.1) is 0 Å². The summed E-state index contributed by atoms with van der Waals surface area (Å²) in [5.74, 6) is -1.28. The fourth-order valence-electron chi connectivity index (χ4n) is 6.22. The van der Waals surface area contributed by atoms with Crippen LogP contribution in [0.15, 0.2) is 78.9 Å². The summed E-state index contributed by atoms with van der Waals surface area (Å²) in [5.41, 5.74) is 4.72. The summed E-state index contributed by atoms with van der Waals surface area (Å²) < 4.78 is 26.4. The predicted octanol–water partition coefficient (Wildman–Crippen LogP) is 4.70. The number of ether oxygens (including phenoxy) is 2. The molecular formula is C28H26FNO3. The largest absolute Gasteiger partial charge is 0.343 e. The van der Waals surface area contributed by atoms with E-state index in [9.17, 15) is 9.18 Å². The summed E-state index contributed by atoms with van der Waals surface area (Å²) >= 11 is 0. The zero-order chi connectivity index (χ0) is 22.8. The van der Waals surface area contributed by atoms with Gasteiger partial charge in [0.15, 0.2) is 11.6 Å². The topological polar surface area (TPSA) is 38.8 Å². The number of hydrogen-bond donors (Lipinski definition) is 0. The first-order valence-corrected chi connectivity index (χ1v) is 11.4. The van der Waals surface area contributed by atoms with Crippen molar-refractivity contribution in [2.45, 2.75) is 43.4 Å². The normalized spacial score (nSPS) is 26.6. The third-order valence-corrected chi connectivity index (χ3v) is 7.25. The molecule has 0 spiro atoms. The highest BCUT2D eigenvalue weighted by Crippen LogP contribution is 2.57. The lowest BCUT2D eigenvalue weighted by Gasteiger charge is -2.45. The van der Waals surface area contributed by atoms with Crippen LogP contribution in [0.3, 0.4) is 0 Å². The number of benzene rings is 3. The highest BCUT2D eigenvalue weighted by Gasteiger charge is 2.62. The number of likely N-dealkylation sites (tertiary alicyclic amines) is 1. The molecule has 5 heteroatoms. The molecule has 4 nitrogen and oxygen atoms in total. The van der Waals surface area contributed by atoms with Crippen LogP contribution >= 0.6 is 0 Å². The van der Waals surface area contributed by atoms with Crippen molar-refractivity contribution in [3.05, 3.63) is 95.6 Å². The Hall–Kier alpha value is -2.86. The van der Waals surface area contributed by atoms with Crippen LogP contribution < -0.4 is 0 Å². The molecule has 0 unspecified atom stereocenters. The molecule has 3 aromatic carbocycles. The number of halogens is 1. The molecule has 0 saturated carbocycles. The van der Waals surface area contributed by atoms with Gasteiger partial charge in [0.2, 0.25) is 0 Å². The molecule has 0 radical (unpaired) electrons. The van der Waals surface area contributed by atoms with Gasteiger partial charge < -0.3 is 9.47 Å². The van der Waals surface area contributed by atoms with Crippen LogP contribution in [-0.2, 0) is 19.8 Å². The molecular weight excluding hydrogens is 417 g/mol. The van der Waals surface area contributed by atoms with Crippen molar-refractivity contribution in [1.29, 1.82) is 0 Å². The van der Waals surface area contributed by atoms with Crippen LogP contribution in [0.5, 0.6) is 0 Å². The van der Waals surface area contributed by atoms with Crippen molar-refractivity contribution in [1.82, 2.24) is 4.90 Å². The van der Waals surface area contributed by atoms with Gasteiger partial charge in [0.1, 0.15) is 24.9 Å². The second-order valence-corrected chi connectivity index (χ2v) is 9.50. The first-order chi connectivity index (χ1) is 16.0. The lowest BCUT2D eigenvalue weighted by molar-refractivity contribution is -0.168. The van der Waals surface area contributed by atoms with Crippen molar-refractivity contribution in [2.24, 2.45) is 0 Å². The van der Waals surface area contributed by atoms with Crippen molar-refractivity contribution in [2.75, 3.05) is 13.2 Å². The molecule has 2 saturated heterocycles. The Bertz CT molecular complexity index is 1180. The Labute approximate surface area is 192 Å². The number of fused-ring (bicyclic) bond motifs is 4. The zero-order valence-electron chi connectivity index (χ0n) is 18.7. The molecule has 0 aromatic heterocycles. The van der Waals surface area contributed by atoms with E-state index in [2.05, 4.69) is 41.3 Å². The molecule has 1 aliphatic carbocycles. The minimum atomic E-state index is -1.04. The number of alkyl halides is 1. The van der Waals surface area contributed by atoms with Gasteiger partial charge >= 0.3 is 0 Å². The summed E-state index contributed by atoms with van der Waals surface area (Å²) in [6.07, 6.45) is -0.843. The van der Waals surface area contributed by atoms with Gasteiger partial charge in [0.25, 0.3) is 0 Å². The van der Waals surface area contributed by atoms with Crippen LogP contribution in [0, 0.1) is 0 Å². The summed E-state index contributed by atoms with van der Waals surface area (Å²) in [4.78, 5) is 15.3. The minimum Gasteiger partial charge on any atom is -0.343 e. The molecule has 33 heavy (non-hydrogen) atoms. The maximum atomic E-state index is 14.0. The number of Topliss-reactive ketones (excluding diaryl/α,β-unsaturated/α-hetero) is 1. The first-order valence-electron chi connectivity index (χ1n) is 11.4. The quantitative estimate of drug-likeness (QED) is 0.586. The number of nitrogens with zero attached hydrogens (tertiary/aromatic N) is 1. The second kappa shape index (κ2) is 7.32. The zero-order valence-corrected chi connectivity index (χ0v) is 18.7. The van der Waals surface area contributed by atoms with E-state index >= 15 is 0 Å². The highest BCUT2D eigenvalue weighted by molar-refractivity contribution is 5.88. The van der Waals surface area contributed by atoms with Gasteiger partial charge in [-0.2, -0.15) is 0 Å². The lowest BCUT2D eigenvalue weighted by atomic mass is 9.78. The monoisotopic (exact) mass is 443 g/mol. The van der Waals surface area contributed by atoms with Crippen molar-refractivity contribution >= 4 is 5.78 Å². The Morgan fingerprint density at radius 2 is 1.48 bits per heavy atom. The number of rotatable bonds is 4. The maximum absolute atomic E-state index is 14.0. The Morgan fingerprint density at radius 1 is 0.909 bits per heavy atom. The van der Waals surface area contributed by atoms with E-state index in [1.54, 1.807) is 0 Å². The van der Waals surface area contributed by atoms with E-state index in [4.69, 9.17) is 9.47 Å². The van der Waals surface area contributed by atoms with Crippen LogP contribution in [0.25, 0.3) is 11.1 Å². The molecule has 3 aromatic rings. The standard InChI is InChI=1S/C28H26FNO3/c1-27(2)32-24-17-30(25(23(31)16-29)26(24)33-27)28(18-10-4-3-5-11-18)21-14-8-6-12-19(21)20-13-7-9-15-22(20)28/h3-15,24-26H,16-17H2,1-2H3/t24-,25-,26-/m1/s1. The van der Waals surface area contributed by atoms with Gasteiger partial charge in [-0.25, -0.2) is 4.39 Å². The average molecular weight is 444 g/mol. The molecule has 168 valence electrons. The minimum absolute atomic E-state index is 0.319. The Balaban J connectivity index is 1.64. The van der Waals surface area contributed by atoms with Crippen LogP contribution in [0.2, 0.25) is 0 Å². The summed E-state index contributed by atoms with van der Waals surface area (Å²) in [6.45, 7) is 3.12. The predicted molar refractivity (Wildman–Crippen MR) is 124 cm³/mol. The van der Waals surface area contributed by atoms with E-state index in [0.717, 1.165) is 27.8 Å². The van der Waals surface area contributed by atoms with Crippen molar-refractivity contribution < 1.29 is 18.7 Å². The smallest absolute Gasteiger partial charge is 0.183 e. The van der Waals surface area contributed by atoms with Gasteiger partial charge in [0, 0.05) is 6.54 Å².